The van der Waals surface area contributed by atoms with Crippen LogP contribution in [0, 0.1) is 11.6 Å². The summed E-state index contributed by atoms with van der Waals surface area (Å²) in [5, 5.41) is 18.3. The van der Waals surface area contributed by atoms with E-state index in [0.717, 1.165) is 17.8 Å². The van der Waals surface area contributed by atoms with Crippen LogP contribution < -0.4 is 0 Å². The third-order valence-electron chi connectivity index (χ3n) is 4.29. The molecule has 0 amide bonds. The average molecular weight is 336 g/mol. The van der Waals surface area contributed by atoms with Gasteiger partial charge in [-0.25, -0.2) is 13.5 Å². The van der Waals surface area contributed by atoms with Crippen molar-refractivity contribution in [1.29, 1.82) is 0 Å². The highest BCUT2D eigenvalue weighted by Crippen LogP contribution is 2.35. The van der Waals surface area contributed by atoms with Gasteiger partial charge in [0.1, 0.15) is 11.6 Å². The minimum absolute atomic E-state index is 0.177. The molecule has 0 bridgehead atoms. The number of β-amino-alcohol motifs (C(OH)–C–C–N with tert-alkyl or cyclic N) is 1. The van der Waals surface area contributed by atoms with E-state index in [-0.39, 0.29) is 17.1 Å². The standard InChI is InChI=1S/C17H22F2N4O/c1-17(2,3)23-9-12(20-21-23)8-22-10-13(24)7-16(22)14-6-11(18)4-5-15(14)19/h4-6,9,13,16,24H,7-8,10H2,1-3H3. The van der Waals surface area contributed by atoms with E-state index in [1.807, 2.05) is 31.9 Å². The first-order valence-electron chi connectivity index (χ1n) is 8.03. The Bertz CT molecular complexity index is 726. The number of benzene rings is 1. The lowest BCUT2D eigenvalue weighted by Gasteiger charge is -2.24. The van der Waals surface area contributed by atoms with Gasteiger partial charge in [0.2, 0.25) is 0 Å². The molecule has 1 fully saturated rings. The van der Waals surface area contributed by atoms with Crippen molar-refractivity contribution in [2.24, 2.45) is 0 Å². The maximum atomic E-state index is 14.1. The summed E-state index contributed by atoms with van der Waals surface area (Å²) >= 11 is 0. The average Bonchev–Trinajstić information content (AvgIpc) is 3.08. The van der Waals surface area contributed by atoms with Gasteiger partial charge in [-0.15, -0.1) is 5.10 Å². The molecule has 0 radical (unpaired) electrons. The molecule has 3 rings (SSSR count). The van der Waals surface area contributed by atoms with Crippen molar-refractivity contribution in [3.05, 3.63) is 47.3 Å². The maximum absolute atomic E-state index is 14.1. The maximum Gasteiger partial charge on any atom is 0.128 e. The van der Waals surface area contributed by atoms with Crippen LogP contribution in [0.25, 0.3) is 0 Å². The normalized spacial score (nSPS) is 22.2. The zero-order valence-electron chi connectivity index (χ0n) is 14.1. The van der Waals surface area contributed by atoms with Gasteiger partial charge in [0.25, 0.3) is 0 Å². The summed E-state index contributed by atoms with van der Waals surface area (Å²) in [6.45, 7) is 6.89. The summed E-state index contributed by atoms with van der Waals surface area (Å²) in [6, 6.07) is 3.06. The summed E-state index contributed by atoms with van der Waals surface area (Å²) in [7, 11) is 0. The van der Waals surface area contributed by atoms with Crippen LogP contribution in [0.3, 0.4) is 0 Å². The van der Waals surface area contributed by atoms with Crippen LogP contribution in [0.4, 0.5) is 8.78 Å². The molecule has 2 atom stereocenters. The predicted octanol–water partition coefficient (Wildman–Crippen LogP) is 2.62. The van der Waals surface area contributed by atoms with Gasteiger partial charge in [-0.1, -0.05) is 5.21 Å². The van der Waals surface area contributed by atoms with Gasteiger partial charge in [0.05, 0.1) is 23.5 Å². The molecule has 7 heteroatoms. The van der Waals surface area contributed by atoms with Crippen molar-refractivity contribution < 1.29 is 13.9 Å². The summed E-state index contributed by atoms with van der Waals surface area (Å²) in [5.41, 5.74) is 0.833. The van der Waals surface area contributed by atoms with Crippen LogP contribution in [0.15, 0.2) is 24.4 Å². The van der Waals surface area contributed by atoms with E-state index in [4.69, 9.17) is 0 Å². The SMILES string of the molecule is CC(C)(C)n1cc(CN2CC(O)CC2c2cc(F)ccc2F)nn1. The van der Waals surface area contributed by atoms with Gasteiger partial charge in [-0.3, -0.25) is 4.90 Å². The Hall–Kier alpha value is -1.86. The quantitative estimate of drug-likeness (QED) is 0.936. The van der Waals surface area contributed by atoms with Crippen molar-refractivity contribution in [1.82, 2.24) is 19.9 Å². The molecule has 130 valence electrons. The van der Waals surface area contributed by atoms with Gasteiger partial charge >= 0.3 is 0 Å². The number of halogens is 2. The van der Waals surface area contributed by atoms with Crippen molar-refractivity contribution in [3.8, 4) is 0 Å². The van der Waals surface area contributed by atoms with E-state index in [1.165, 1.54) is 6.07 Å². The molecule has 2 unspecified atom stereocenters. The number of nitrogens with zero attached hydrogens (tertiary/aromatic N) is 4. The van der Waals surface area contributed by atoms with Gasteiger partial charge < -0.3 is 5.11 Å². The zero-order chi connectivity index (χ0) is 17.5. The summed E-state index contributed by atoms with van der Waals surface area (Å²) in [4.78, 5) is 1.92. The molecule has 24 heavy (non-hydrogen) atoms. The van der Waals surface area contributed by atoms with Crippen molar-refractivity contribution in [2.45, 2.75) is 51.4 Å². The first-order chi connectivity index (χ1) is 11.2. The number of aliphatic hydroxyl groups is 1. The fourth-order valence-corrected chi connectivity index (χ4v) is 3.05. The number of rotatable bonds is 3. The Balaban J connectivity index is 1.83. The number of aliphatic hydroxyl groups excluding tert-OH is 1. The Morgan fingerprint density at radius 2 is 2.04 bits per heavy atom. The minimum Gasteiger partial charge on any atom is -0.392 e. The van der Waals surface area contributed by atoms with Crippen LogP contribution in [-0.4, -0.2) is 37.6 Å². The van der Waals surface area contributed by atoms with Crippen LogP contribution in [0.2, 0.25) is 0 Å². The van der Waals surface area contributed by atoms with E-state index in [2.05, 4.69) is 10.3 Å². The third-order valence-corrected chi connectivity index (χ3v) is 4.29. The Morgan fingerprint density at radius 1 is 1.29 bits per heavy atom. The van der Waals surface area contributed by atoms with E-state index in [1.54, 1.807) is 4.68 Å². The molecule has 0 aliphatic carbocycles. The molecular formula is C17H22F2N4O. The van der Waals surface area contributed by atoms with Crippen LogP contribution in [-0.2, 0) is 12.1 Å². The molecular weight excluding hydrogens is 314 g/mol. The van der Waals surface area contributed by atoms with E-state index in [0.29, 0.717) is 19.5 Å². The predicted molar refractivity (Wildman–Crippen MR) is 85.2 cm³/mol. The summed E-state index contributed by atoms with van der Waals surface area (Å²) < 4.78 is 29.4. The lowest BCUT2D eigenvalue weighted by molar-refractivity contribution is 0.172. The second kappa shape index (κ2) is 6.22. The fourth-order valence-electron chi connectivity index (χ4n) is 3.05. The summed E-state index contributed by atoms with van der Waals surface area (Å²) in [6.07, 6.45) is 1.65. The third kappa shape index (κ3) is 3.47. The van der Waals surface area contributed by atoms with Crippen molar-refractivity contribution in [2.75, 3.05) is 6.54 Å². The Labute approximate surface area is 139 Å². The number of hydrogen-bond donors (Lipinski definition) is 1. The fraction of sp³-hybridized carbons (Fsp3) is 0.529. The second-order valence-electron chi connectivity index (χ2n) is 7.33. The Kier molecular flexibility index (Phi) is 4.40. The zero-order valence-corrected chi connectivity index (χ0v) is 14.1. The number of hydrogen-bond acceptors (Lipinski definition) is 4. The first-order valence-corrected chi connectivity index (χ1v) is 8.03. The van der Waals surface area contributed by atoms with E-state index >= 15 is 0 Å². The smallest absolute Gasteiger partial charge is 0.128 e. The molecule has 0 saturated carbocycles. The highest BCUT2D eigenvalue weighted by molar-refractivity contribution is 5.24. The lowest BCUT2D eigenvalue weighted by atomic mass is 10.0. The number of aromatic nitrogens is 3. The van der Waals surface area contributed by atoms with Crippen LogP contribution in [0.5, 0.6) is 0 Å². The van der Waals surface area contributed by atoms with Crippen molar-refractivity contribution >= 4 is 0 Å². The molecule has 5 nitrogen and oxygen atoms in total. The van der Waals surface area contributed by atoms with E-state index in [9.17, 15) is 13.9 Å². The van der Waals surface area contributed by atoms with E-state index < -0.39 is 17.7 Å². The molecule has 1 saturated heterocycles. The topological polar surface area (TPSA) is 54.2 Å². The van der Waals surface area contributed by atoms with Crippen LogP contribution in [0.1, 0.15) is 44.5 Å². The van der Waals surface area contributed by atoms with Gasteiger partial charge in [-0.2, -0.15) is 0 Å². The molecule has 1 aromatic carbocycles. The Morgan fingerprint density at radius 3 is 2.71 bits per heavy atom. The van der Waals surface area contributed by atoms with Crippen LogP contribution >= 0.6 is 0 Å². The number of likely N-dealkylation sites (tertiary alicyclic amines) is 1. The minimum atomic E-state index is -0.574. The second-order valence-corrected chi connectivity index (χ2v) is 7.33. The molecule has 1 aliphatic heterocycles. The molecule has 1 aromatic heterocycles. The highest BCUT2D eigenvalue weighted by Gasteiger charge is 2.34. The highest BCUT2D eigenvalue weighted by atomic mass is 19.1. The largest absolute Gasteiger partial charge is 0.392 e. The van der Waals surface area contributed by atoms with Gasteiger partial charge in [0.15, 0.2) is 0 Å². The van der Waals surface area contributed by atoms with Gasteiger partial charge in [-0.05, 0) is 45.4 Å². The molecule has 1 N–H and O–H groups in total. The van der Waals surface area contributed by atoms with Gasteiger partial charge in [0, 0.05) is 24.7 Å². The lowest BCUT2D eigenvalue weighted by Crippen LogP contribution is -2.25. The van der Waals surface area contributed by atoms with Crippen molar-refractivity contribution in [3.63, 3.8) is 0 Å². The molecule has 1 aliphatic rings. The first kappa shape index (κ1) is 17.0. The molecule has 0 spiro atoms. The molecule has 2 aromatic rings. The monoisotopic (exact) mass is 336 g/mol. The summed E-state index contributed by atoms with van der Waals surface area (Å²) in [5.74, 6) is -0.940. The molecule has 2 heterocycles.